The number of anilines is 3. The van der Waals surface area contributed by atoms with E-state index in [0.717, 1.165) is 12.8 Å². The van der Waals surface area contributed by atoms with E-state index in [1.54, 1.807) is 0 Å². The molecule has 0 fully saturated rings. The third-order valence-corrected chi connectivity index (χ3v) is 9.99. The molecule has 0 atom stereocenters. The van der Waals surface area contributed by atoms with Crippen molar-refractivity contribution in [1.82, 2.24) is 0 Å². The lowest BCUT2D eigenvalue weighted by Crippen LogP contribution is -2.23. The Kier molecular flexibility index (Phi) is 7.80. The van der Waals surface area contributed by atoms with E-state index in [1.165, 1.54) is 67.1 Å². The first-order valence-electron chi connectivity index (χ1n) is 16.6. The summed E-state index contributed by atoms with van der Waals surface area (Å²) in [5, 5.41) is 0. The quantitative estimate of drug-likeness (QED) is 0.202. The molecule has 0 radical (unpaired) electrons. The predicted molar refractivity (Wildman–Crippen MR) is 195 cm³/mol. The normalized spacial score (nSPS) is 14.3. The van der Waals surface area contributed by atoms with E-state index in [1.807, 2.05) is 0 Å². The fourth-order valence-corrected chi connectivity index (χ4v) is 7.21. The van der Waals surface area contributed by atoms with Crippen LogP contribution in [0.3, 0.4) is 0 Å². The van der Waals surface area contributed by atoms with Gasteiger partial charge in [0.2, 0.25) is 0 Å². The second-order valence-electron chi connectivity index (χ2n) is 15.5. The van der Waals surface area contributed by atoms with Gasteiger partial charge in [-0.3, -0.25) is 0 Å². The molecule has 0 spiro atoms. The predicted octanol–water partition coefficient (Wildman–Crippen LogP) is 12.2. The summed E-state index contributed by atoms with van der Waals surface area (Å²) in [6, 6.07) is 41.4. The molecule has 0 N–H and O–H groups in total. The largest absolute Gasteiger partial charge is 0.310 e. The summed E-state index contributed by atoms with van der Waals surface area (Å²) < 4.78 is 0. The van der Waals surface area contributed by atoms with Crippen molar-refractivity contribution in [3.63, 3.8) is 0 Å². The van der Waals surface area contributed by atoms with Crippen LogP contribution < -0.4 is 4.90 Å². The van der Waals surface area contributed by atoms with Crippen molar-refractivity contribution in [2.75, 3.05) is 4.90 Å². The molecule has 0 saturated carbocycles. The lowest BCUT2D eigenvalue weighted by molar-refractivity contribution is 0.590. The average Bonchev–Trinajstić information content (AvgIpc) is 3.00. The molecule has 1 aliphatic rings. The van der Waals surface area contributed by atoms with Crippen molar-refractivity contribution in [3.8, 4) is 11.1 Å². The van der Waals surface area contributed by atoms with Gasteiger partial charge in [0, 0.05) is 22.5 Å². The van der Waals surface area contributed by atoms with E-state index in [2.05, 4.69) is 176 Å². The van der Waals surface area contributed by atoms with Crippen molar-refractivity contribution in [2.45, 2.75) is 91.4 Å². The number of aryl methyl sites for hydroxylation is 2. The molecule has 0 aliphatic heterocycles. The fourth-order valence-electron chi connectivity index (χ4n) is 7.21. The van der Waals surface area contributed by atoms with Crippen LogP contribution in [0.5, 0.6) is 0 Å². The minimum absolute atomic E-state index is 0.0819. The van der Waals surface area contributed by atoms with Crippen LogP contribution in [0.1, 0.15) is 94.3 Å². The Balaban J connectivity index is 1.54. The standard InChI is InChI=1S/C44H49N/c1-30-38-14-12-16-40(30)44(8,9)41-15-11-10-13-32(41)18-17-31-19-24-37(29-39(31)38)45(35-25-20-33(21-26-35)42(2,3)4)36-27-22-34(23-28-36)43(5,6)7/h10-16,19-29H,17-18H2,1-9H3. The second kappa shape index (κ2) is 11.4. The Morgan fingerprint density at radius 1 is 0.511 bits per heavy atom. The van der Waals surface area contributed by atoms with E-state index in [9.17, 15) is 0 Å². The highest BCUT2D eigenvalue weighted by molar-refractivity contribution is 5.83. The van der Waals surface area contributed by atoms with Crippen LogP contribution >= 0.6 is 0 Å². The zero-order valence-corrected chi connectivity index (χ0v) is 28.8. The van der Waals surface area contributed by atoms with Gasteiger partial charge in [-0.15, -0.1) is 0 Å². The van der Waals surface area contributed by atoms with Crippen LogP contribution in [0.4, 0.5) is 17.1 Å². The van der Waals surface area contributed by atoms with Gasteiger partial charge in [-0.1, -0.05) is 128 Å². The maximum atomic E-state index is 2.44. The molecule has 0 amide bonds. The van der Waals surface area contributed by atoms with E-state index >= 15 is 0 Å². The van der Waals surface area contributed by atoms with Gasteiger partial charge in [0.05, 0.1) is 0 Å². The van der Waals surface area contributed by atoms with Crippen molar-refractivity contribution < 1.29 is 0 Å². The molecule has 6 rings (SSSR count). The summed E-state index contributed by atoms with van der Waals surface area (Å²) in [6.45, 7) is 20.8. The van der Waals surface area contributed by atoms with Gasteiger partial charge >= 0.3 is 0 Å². The molecule has 0 saturated heterocycles. The number of hydrogen-bond donors (Lipinski definition) is 0. The van der Waals surface area contributed by atoms with Crippen molar-refractivity contribution >= 4 is 17.1 Å². The molecular formula is C44H49N. The SMILES string of the molecule is Cc1c2cccc1C(C)(C)c1ccccc1CCc1ccc(N(c3ccc(C(C)(C)C)cc3)c3ccc(C(C)(C)C)cc3)cc1-2. The van der Waals surface area contributed by atoms with Gasteiger partial charge in [-0.05, 0) is 117 Å². The average molecular weight is 592 g/mol. The Labute approximate surface area is 272 Å². The Hall–Kier alpha value is -4.10. The highest BCUT2D eigenvalue weighted by atomic mass is 15.1. The van der Waals surface area contributed by atoms with Crippen LogP contribution in [0.25, 0.3) is 11.1 Å². The highest BCUT2D eigenvalue weighted by Crippen LogP contribution is 2.44. The molecule has 0 aromatic heterocycles. The van der Waals surface area contributed by atoms with Crippen LogP contribution in [-0.4, -0.2) is 0 Å². The maximum Gasteiger partial charge on any atom is 0.0467 e. The topological polar surface area (TPSA) is 3.24 Å². The number of fused-ring (bicyclic) bond motifs is 5. The smallest absolute Gasteiger partial charge is 0.0467 e. The van der Waals surface area contributed by atoms with Gasteiger partial charge in [0.1, 0.15) is 0 Å². The highest BCUT2D eigenvalue weighted by Gasteiger charge is 2.29. The second-order valence-corrected chi connectivity index (χ2v) is 15.5. The van der Waals surface area contributed by atoms with E-state index in [-0.39, 0.29) is 16.2 Å². The fraction of sp³-hybridized carbons (Fsp3) is 0.318. The molecule has 1 nitrogen and oxygen atoms in total. The first-order valence-corrected chi connectivity index (χ1v) is 16.6. The van der Waals surface area contributed by atoms with Gasteiger partial charge in [0.15, 0.2) is 0 Å². The Morgan fingerprint density at radius 3 is 1.60 bits per heavy atom. The molecule has 5 aromatic rings. The summed E-state index contributed by atoms with van der Waals surface area (Å²) in [7, 11) is 0. The van der Waals surface area contributed by atoms with Gasteiger partial charge in [-0.2, -0.15) is 0 Å². The summed E-state index contributed by atoms with van der Waals surface area (Å²) in [6.07, 6.45) is 2.04. The minimum Gasteiger partial charge on any atom is -0.310 e. The zero-order chi connectivity index (χ0) is 32.1. The molecule has 230 valence electrons. The summed E-state index contributed by atoms with van der Waals surface area (Å²) in [5.74, 6) is 0. The number of hydrogen-bond acceptors (Lipinski definition) is 1. The zero-order valence-electron chi connectivity index (χ0n) is 28.8. The van der Waals surface area contributed by atoms with Crippen LogP contribution in [0.2, 0.25) is 0 Å². The molecule has 2 bridgehead atoms. The Morgan fingerprint density at radius 2 is 1.02 bits per heavy atom. The summed E-state index contributed by atoms with van der Waals surface area (Å²) >= 11 is 0. The van der Waals surface area contributed by atoms with Gasteiger partial charge in [0.25, 0.3) is 0 Å². The van der Waals surface area contributed by atoms with E-state index in [0.29, 0.717) is 0 Å². The lowest BCUT2D eigenvalue weighted by atomic mass is 9.72. The molecule has 1 heteroatoms. The molecule has 45 heavy (non-hydrogen) atoms. The van der Waals surface area contributed by atoms with E-state index in [4.69, 9.17) is 0 Å². The van der Waals surface area contributed by atoms with Crippen molar-refractivity contribution in [1.29, 1.82) is 0 Å². The maximum absolute atomic E-state index is 2.44. The van der Waals surface area contributed by atoms with Crippen molar-refractivity contribution in [3.05, 3.63) is 148 Å². The molecule has 5 aromatic carbocycles. The number of nitrogens with zero attached hydrogens (tertiary/aromatic N) is 1. The first-order chi connectivity index (χ1) is 21.2. The lowest BCUT2D eigenvalue weighted by Gasteiger charge is -2.33. The van der Waals surface area contributed by atoms with Gasteiger partial charge < -0.3 is 4.90 Å². The third-order valence-electron chi connectivity index (χ3n) is 9.99. The summed E-state index contributed by atoms with van der Waals surface area (Å²) in [4.78, 5) is 2.43. The summed E-state index contributed by atoms with van der Waals surface area (Å²) in [5.41, 5.74) is 16.1. The molecule has 0 heterocycles. The van der Waals surface area contributed by atoms with E-state index < -0.39 is 0 Å². The monoisotopic (exact) mass is 591 g/mol. The van der Waals surface area contributed by atoms with Gasteiger partial charge in [-0.25, -0.2) is 0 Å². The molecular weight excluding hydrogens is 542 g/mol. The third kappa shape index (κ3) is 5.86. The molecule has 1 aliphatic carbocycles. The number of rotatable bonds is 3. The first kappa shape index (κ1) is 30.9. The molecule has 0 unspecified atom stereocenters. The van der Waals surface area contributed by atoms with Crippen LogP contribution in [-0.2, 0) is 29.1 Å². The van der Waals surface area contributed by atoms with Crippen LogP contribution in [0.15, 0.2) is 109 Å². The number of benzene rings is 5. The Bertz CT molecular complexity index is 1770. The van der Waals surface area contributed by atoms with Crippen LogP contribution in [0, 0.1) is 6.92 Å². The minimum atomic E-state index is -0.0819. The van der Waals surface area contributed by atoms with Crippen molar-refractivity contribution in [2.24, 2.45) is 0 Å².